The van der Waals surface area contributed by atoms with E-state index < -0.39 is 0 Å². The van der Waals surface area contributed by atoms with Crippen LogP contribution in [0.3, 0.4) is 0 Å². The minimum Gasteiger partial charge on any atom is -0.372 e. The number of aryl methyl sites for hydroxylation is 5. The van der Waals surface area contributed by atoms with Gasteiger partial charge in [-0.25, -0.2) is 0 Å². The zero-order chi connectivity index (χ0) is 84.0. The molecule has 0 fully saturated rings. The van der Waals surface area contributed by atoms with E-state index in [4.69, 9.17) is 0 Å². The van der Waals surface area contributed by atoms with Crippen LogP contribution in [0.5, 0.6) is 0 Å². The van der Waals surface area contributed by atoms with Crippen LogP contribution in [0.1, 0.15) is 262 Å². The molecule has 622 valence electrons. The van der Waals surface area contributed by atoms with Crippen molar-refractivity contribution in [3.05, 3.63) is 203 Å². The van der Waals surface area contributed by atoms with Crippen molar-refractivity contribution in [1.82, 2.24) is 0 Å². The molecular weight excluding hydrogens is 1410 g/mol. The standard InChI is InChI=1S/C25H44N2O.C22H24N2O.C18H22N2O.2C17H28N2O/c1-5-7-9-11-13-15-19-27(20-16-14-12-10-8-6-2)24-18-17-22(3)25(21-24)26-23(4)28;1-4-24(5-2)18-14-13-16(3)21(15-18)23-22(25)20-12-8-10-17-9-6-7-11-19(17)20;1-4-20(5-2)16-12-11-14(3)17(13-16)19-18(21)15-9-7-6-8-10-15;1-7-17(5,6)16(20)18-15-12-14(11-10-13(15)4)19(8-2)9-3;1-5-7-11-19(12-8-6-2)16-10-9-14(3)17(13-16)18-15(4)20/h17-18,21H,5-16,19-20H2,1-4H3,(H,26,28);6-15H,4-5H2,1-3H3,(H,23,25);6-13H,4-5H2,1-3H3,(H,19,21);10-12H,7-9H2,1-6H3,(H,18,20);9-10,13H,5-8,11-12H2,1-4H3,(H,18,20). The summed E-state index contributed by atoms with van der Waals surface area (Å²) < 4.78 is 0. The van der Waals surface area contributed by atoms with Crippen molar-refractivity contribution in [1.29, 1.82) is 0 Å². The number of carbonyl (C=O) groups is 5. The van der Waals surface area contributed by atoms with Gasteiger partial charge in [0.15, 0.2) is 0 Å². The zero-order valence-electron chi connectivity index (χ0n) is 74.0. The van der Waals surface area contributed by atoms with Gasteiger partial charge in [-0.2, -0.15) is 0 Å². The summed E-state index contributed by atoms with van der Waals surface area (Å²) in [5.74, 6) is -0.0793. The summed E-state index contributed by atoms with van der Waals surface area (Å²) in [6.45, 7) is 51.2. The van der Waals surface area contributed by atoms with E-state index in [0.29, 0.717) is 11.1 Å². The molecule has 0 aliphatic carbocycles. The Morgan fingerprint density at radius 1 is 0.307 bits per heavy atom. The maximum Gasteiger partial charge on any atom is 0.256 e. The van der Waals surface area contributed by atoms with Crippen molar-refractivity contribution in [3.8, 4) is 0 Å². The van der Waals surface area contributed by atoms with Gasteiger partial charge < -0.3 is 51.1 Å². The van der Waals surface area contributed by atoms with E-state index in [1.807, 2.05) is 133 Å². The van der Waals surface area contributed by atoms with Gasteiger partial charge in [0.25, 0.3) is 11.8 Å². The summed E-state index contributed by atoms with van der Waals surface area (Å²) in [7, 11) is 0. The number of rotatable bonds is 40. The molecule has 8 aromatic rings. The first kappa shape index (κ1) is 96.7. The minimum atomic E-state index is -0.336. The van der Waals surface area contributed by atoms with Gasteiger partial charge in [-0.05, 0) is 226 Å². The smallest absolute Gasteiger partial charge is 0.256 e. The molecule has 5 amide bonds. The second-order valence-electron chi connectivity index (χ2n) is 30.6. The molecule has 8 aromatic carbocycles. The first-order chi connectivity index (χ1) is 54.8. The number of unbranched alkanes of at least 4 members (excludes halogenated alkanes) is 12. The highest BCUT2D eigenvalue weighted by Gasteiger charge is 2.26. The van der Waals surface area contributed by atoms with E-state index in [9.17, 15) is 24.0 Å². The van der Waals surface area contributed by atoms with Gasteiger partial charge in [-0.1, -0.05) is 210 Å². The van der Waals surface area contributed by atoms with E-state index in [1.165, 1.54) is 114 Å². The number of hydrogen-bond donors (Lipinski definition) is 5. The molecule has 0 saturated heterocycles. The monoisotopic (exact) mass is 1560 g/mol. The van der Waals surface area contributed by atoms with Gasteiger partial charge in [0.2, 0.25) is 17.7 Å². The molecule has 5 N–H and O–H groups in total. The SMILES string of the molecule is CCCCCCCCN(CCCCCCCC)c1ccc(C)c(NC(C)=O)c1.CCCCN(CCCC)c1ccc(C)c(NC(C)=O)c1.CCN(CC)c1ccc(C)c(NC(=O)C(C)(C)CC)c1.CCN(CC)c1ccc(C)c(NC(=O)c2cccc3ccccc23)c1.CCN(CC)c1ccc(C)c(NC(=O)c2ccccc2)c1. The zero-order valence-corrected chi connectivity index (χ0v) is 74.0. The Morgan fingerprint density at radius 2 is 0.614 bits per heavy atom. The van der Waals surface area contributed by atoms with Crippen LogP contribution in [0, 0.1) is 40.0 Å². The van der Waals surface area contributed by atoms with Crippen molar-refractivity contribution < 1.29 is 24.0 Å². The van der Waals surface area contributed by atoms with Crippen LogP contribution in [0.4, 0.5) is 56.9 Å². The molecule has 114 heavy (non-hydrogen) atoms. The molecule has 0 saturated carbocycles. The maximum absolute atomic E-state index is 12.9. The van der Waals surface area contributed by atoms with Crippen LogP contribution >= 0.6 is 0 Å². The number of fused-ring (bicyclic) bond motifs is 1. The molecule has 0 bridgehead atoms. The first-order valence-electron chi connectivity index (χ1n) is 43.1. The molecule has 0 radical (unpaired) electrons. The topological polar surface area (TPSA) is 162 Å². The Balaban J connectivity index is 0.000000302. The summed E-state index contributed by atoms with van der Waals surface area (Å²) >= 11 is 0. The van der Waals surface area contributed by atoms with Gasteiger partial charge >= 0.3 is 0 Å². The minimum absolute atomic E-state index is 0.00125. The van der Waals surface area contributed by atoms with E-state index >= 15 is 0 Å². The van der Waals surface area contributed by atoms with E-state index in [-0.39, 0.29) is 35.0 Å². The quantitative estimate of drug-likeness (QED) is 0.0234. The molecule has 0 spiro atoms. The summed E-state index contributed by atoms with van der Waals surface area (Å²) in [5, 5.41) is 17.1. The van der Waals surface area contributed by atoms with Crippen LogP contribution in [0.25, 0.3) is 10.8 Å². The largest absolute Gasteiger partial charge is 0.372 e. The number of hydrogen-bond acceptors (Lipinski definition) is 10. The summed E-state index contributed by atoms with van der Waals surface area (Å²) in [4.78, 5) is 72.0. The third-order valence-corrected chi connectivity index (χ3v) is 21.3. The second kappa shape index (κ2) is 53.4. The fourth-order valence-electron chi connectivity index (χ4n) is 13.3. The summed E-state index contributed by atoms with van der Waals surface area (Å²) in [6.07, 6.45) is 21.5. The average molecular weight is 1560 g/mol. The van der Waals surface area contributed by atoms with Gasteiger partial charge in [0, 0.05) is 153 Å². The number of amides is 5. The normalized spacial score (nSPS) is 10.7. The molecule has 0 unspecified atom stereocenters. The van der Waals surface area contributed by atoms with E-state index in [2.05, 4.69) is 206 Å². The maximum atomic E-state index is 12.9. The van der Waals surface area contributed by atoms with Gasteiger partial charge in [0.05, 0.1) is 0 Å². The fourth-order valence-corrected chi connectivity index (χ4v) is 13.3. The molecule has 0 heterocycles. The molecular formula is C99H146N10O5. The first-order valence-corrected chi connectivity index (χ1v) is 43.1. The number of nitrogens with one attached hydrogen (secondary N) is 5. The van der Waals surface area contributed by atoms with E-state index in [0.717, 1.165) is 156 Å². The molecule has 15 heteroatoms. The van der Waals surface area contributed by atoms with Gasteiger partial charge in [0.1, 0.15) is 0 Å². The lowest BCUT2D eigenvalue weighted by Crippen LogP contribution is -2.30. The lowest BCUT2D eigenvalue weighted by molar-refractivity contribution is -0.124. The van der Waals surface area contributed by atoms with Crippen molar-refractivity contribution in [3.63, 3.8) is 0 Å². The number of anilines is 10. The number of carbonyl (C=O) groups excluding carboxylic acids is 5. The Labute approximate surface area is 689 Å². The van der Waals surface area contributed by atoms with Gasteiger partial charge in [-0.15, -0.1) is 0 Å². The molecule has 8 rings (SSSR count). The Kier molecular flexibility index (Phi) is 45.4. The fraction of sp³-hybridized carbons (Fsp3) is 0.485. The second-order valence-corrected chi connectivity index (χ2v) is 30.6. The predicted octanol–water partition coefficient (Wildman–Crippen LogP) is 25.4. The Bertz CT molecular complexity index is 4110. The van der Waals surface area contributed by atoms with Crippen molar-refractivity contribution >= 4 is 97.2 Å². The molecule has 0 aromatic heterocycles. The molecule has 0 aliphatic rings. The highest BCUT2D eigenvalue weighted by molar-refractivity contribution is 6.13. The van der Waals surface area contributed by atoms with Crippen LogP contribution < -0.4 is 51.1 Å². The van der Waals surface area contributed by atoms with Crippen molar-refractivity contribution in [2.75, 3.05) is 117 Å². The lowest BCUT2D eigenvalue weighted by Gasteiger charge is -2.26. The Morgan fingerprint density at radius 3 is 0.974 bits per heavy atom. The van der Waals surface area contributed by atoms with Crippen LogP contribution in [-0.2, 0) is 14.4 Å². The summed E-state index contributed by atoms with van der Waals surface area (Å²) in [5.41, 5.74) is 16.9. The highest BCUT2D eigenvalue weighted by Crippen LogP contribution is 2.32. The van der Waals surface area contributed by atoms with Crippen LogP contribution in [0.2, 0.25) is 0 Å². The third kappa shape index (κ3) is 33.4. The van der Waals surface area contributed by atoms with Crippen LogP contribution in [-0.4, -0.2) is 95.0 Å². The number of benzene rings is 8. The predicted molar refractivity (Wildman–Crippen MR) is 495 cm³/mol. The average Bonchev–Trinajstić information content (AvgIpc) is 0.813. The van der Waals surface area contributed by atoms with E-state index in [1.54, 1.807) is 13.8 Å². The summed E-state index contributed by atoms with van der Waals surface area (Å²) in [6, 6.07) is 54.6. The molecule has 15 nitrogen and oxygen atoms in total. The Hall–Kier alpha value is -9.63. The van der Waals surface area contributed by atoms with Crippen molar-refractivity contribution in [2.24, 2.45) is 5.41 Å². The highest BCUT2D eigenvalue weighted by atomic mass is 16.2. The van der Waals surface area contributed by atoms with Gasteiger partial charge in [-0.3, -0.25) is 24.0 Å². The van der Waals surface area contributed by atoms with Crippen molar-refractivity contribution in [2.45, 2.75) is 248 Å². The third-order valence-electron chi connectivity index (χ3n) is 21.3. The molecule has 0 aliphatic heterocycles. The number of nitrogens with zero attached hydrogens (tertiary/aromatic N) is 5. The lowest BCUT2D eigenvalue weighted by atomic mass is 9.89. The molecule has 0 atom stereocenters. The van der Waals surface area contributed by atoms with Crippen LogP contribution in [0.15, 0.2) is 164 Å².